The fraction of sp³-hybridized carbons (Fsp3) is 0.474. The number of aromatic nitrogens is 2. The third-order valence-electron chi connectivity index (χ3n) is 4.70. The lowest BCUT2D eigenvalue weighted by Crippen LogP contribution is -2.52. The van der Waals surface area contributed by atoms with Crippen LogP contribution in [0.25, 0.3) is 0 Å². The van der Waals surface area contributed by atoms with E-state index in [1.54, 1.807) is 10.9 Å². The summed E-state index contributed by atoms with van der Waals surface area (Å²) in [5.41, 5.74) is 0.0821. The smallest absolute Gasteiger partial charge is 0.252 e. The highest BCUT2D eigenvalue weighted by molar-refractivity contribution is 5.96. The Balaban J connectivity index is 1.72. The zero-order valence-corrected chi connectivity index (χ0v) is 15.4. The number of benzene rings is 1. The van der Waals surface area contributed by atoms with Gasteiger partial charge in [-0.05, 0) is 58.2 Å². The van der Waals surface area contributed by atoms with Gasteiger partial charge < -0.3 is 20.3 Å². The number of hydrogen-bond acceptors (Lipinski definition) is 5. The molecule has 2 heterocycles. The molecule has 1 saturated heterocycles. The van der Waals surface area contributed by atoms with Crippen LogP contribution in [0.15, 0.2) is 42.7 Å². The number of ether oxygens (including phenoxy) is 1. The van der Waals surface area contributed by atoms with E-state index in [9.17, 15) is 4.79 Å². The van der Waals surface area contributed by atoms with E-state index < -0.39 is 5.54 Å². The molecule has 0 radical (unpaired) electrons. The highest BCUT2D eigenvalue weighted by Crippen LogP contribution is 2.29. The third kappa shape index (κ3) is 4.23. The van der Waals surface area contributed by atoms with Crippen molar-refractivity contribution >= 4 is 11.6 Å². The molecule has 0 bridgehead atoms. The molecule has 26 heavy (non-hydrogen) atoms. The molecule has 0 aliphatic carbocycles. The Morgan fingerprint density at radius 1 is 1.35 bits per heavy atom. The summed E-state index contributed by atoms with van der Waals surface area (Å²) in [5.74, 6) is 0.719. The lowest BCUT2D eigenvalue weighted by molar-refractivity contribution is -0.126. The summed E-state index contributed by atoms with van der Waals surface area (Å²) in [6, 6.07) is 9.40. The van der Waals surface area contributed by atoms with E-state index in [1.807, 2.05) is 50.6 Å². The van der Waals surface area contributed by atoms with E-state index in [0.717, 1.165) is 31.1 Å². The maximum Gasteiger partial charge on any atom is 0.252 e. The lowest BCUT2D eigenvalue weighted by atomic mass is 9.87. The van der Waals surface area contributed by atoms with Crippen LogP contribution >= 0.6 is 0 Å². The molecule has 0 spiro atoms. The zero-order valence-electron chi connectivity index (χ0n) is 15.4. The van der Waals surface area contributed by atoms with E-state index in [-0.39, 0.29) is 5.91 Å². The molecule has 2 aromatic rings. The van der Waals surface area contributed by atoms with Crippen molar-refractivity contribution in [2.75, 3.05) is 45.7 Å². The van der Waals surface area contributed by atoms with E-state index in [0.29, 0.717) is 19.4 Å². The van der Waals surface area contributed by atoms with Gasteiger partial charge in [0, 0.05) is 30.7 Å². The van der Waals surface area contributed by atoms with Crippen LogP contribution in [-0.2, 0) is 10.3 Å². The largest absolute Gasteiger partial charge is 0.492 e. The molecule has 1 fully saturated rings. The average Bonchev–Trinajstić information content (AvgIpc) is 3.17. The number of hydrogen-bond donors (Lipinski definition) is 2. The van der Waals surface area contributed by atoms with Crippen molar-refractivity contribution in [3.8, 4) is 5.75 Å². The minimum atomic E-state index is -0.656. The van der Waals surface area contributed by atoms with Gasteiger partial charge in [-0.2, -0.15) is 5.10 Å². The van der Waals surface area contributed by atoms with Gasteiger partial charge in [-0.1, -0.05) is 6.07 Å². The molecular formula is C19H27N5O2. The summed E-state index contributed by atoms with van der Waals surface area (Å²) >= 11 is 0. The van der Waals surface area contributed by atoms with Crippen LogP contribution in [0.3, 0.4) is 0 Å². The molecule has 7 heteroatoms. The first-order valence-corrected chi connectivity index (χ1v) is 9.00. The highest BCUT2D eigenvalue weighted by atomic mass is 16.5. The SMILES string of the molecule is CN(C)CCOc1cccc(NC(=O)C2(n3cccn3)CCNCC2)c1. The third-order valence-corrected chi connectivity index (χ3v) is 4.70. The van der Waals surface area contributed by atoms with E-state index in [1.165, 1.54) is 0 Å². The van der Waals surface area contributed by atoms with Crippen LogP contribution in [0, 0.1) is 0 Å². The molecule has 7 nitrogen and oxygen atoms in total. The Kier molecular flexibility index (Phi) is 5.90. The number of amides is 1. The molecule has 0 atom stereocenters. The van der Waals surface area contributed by atoms with Crippen LogP contribution < -0.4 is 15.4 Å². The topological polar surface area (TPSA) is 71.4 Å². The van der Waals surface area contributed by atoms with E-state index in [4.69, 9.17) is 4.74 Å². The van der Waals surface area contributed by atoms with Crippen molar-refractivity contribution in [3.63, 3.8) is 0 Å². The molecule has 140 valence electrons. The van der Waals surface area contributed by atoms with Gasteiger partial charge in [-0.25, -0.2) is 0 Å². The van der Waals surface area contributed by atoms with Gasteiger partial charge in [0.05, 0.1) is 0 Å². The van der Waals surface area contributed by atoms with Crippen LogP contribution in [0.1, 0.15) is 12.8 Å². The molecule has 0 saturated carbocycles. The highest BCUT2D eigenvalue weighted by Gasteiger charge is 2.42. The monoisotopic (exact) mass is 357 g/mol. The number of carbonyl (C=O) groups is 1. The van der Waals surface area contributed by atoms with Crippen molar-refractivity contribution in [3.05, 3.63) is 42.7 Å². The lowest BCUT2D eigenvalue weighted by Gasteiger charge is -2.36. The number of likely N-dealkylation sites (N-methyl/N-ethyl adjacent to an activating group) is 1. The molecular weight excluding hydrogens is 330 g/mol. The van der Waals surface area contributed by atoms with E-state index in [2.05, 4.69) is 20.6 Å². The van der Waals surface area contributed by atoms with Gasteiger partial charge in [0.1, 0.15) is 17.9 Å². The second kappa shape index (κ2) is 8.33. The van der Waals surface area contributed by atoms with Crippen molar-refractivity contribution < 1.29 is 9.53 Å². The molecule has 1 aliphatic rings. The zero-order chi connectivity index (χ0) is 18.4. The van der Waals surface area contributed by atoms with Crippen LogP contribution in [0.5, 0.6) is 5.75 Å². The number of anilines is 1. The minimum Gasteiger partial charge on any atom is -0.492 e. The second-order valence-corrected chi connectivity index (χ2v) is 6.87. The summed E-state index contributed by atoms with van der Waals surface area (Å²) in [6.45, 7) is 3.03. The number of rotatable bonds is 7. The fourth-order valence-corrected chi connectivity index (χ4v) is 3.18. The Bertz CT molecular complexity index is 708. The molecule has 3 rings (SSSR count). The van der Waals surface area contributed by atoms with Crippen LogP contribution in [0.2, 0.25) is 0 Å². The van der Waals surface area contributed by atoms with Crippen molar-refractivity contribution in [2.45, 2.75) is 18.4 Å². The van der Waals surface area contributed by atoms with Crippen molar-refractivity contribution in [1.82, 2.24) is 20.0 Å². The Morgan fingerprint density at radius 3 is 2.85 bits per heavy atom. The van der Waals surface area contributed by atoms with Gasteiger partial charge in [0.2, 0.25) is 0 Å². The number of nitrogens with zero attached hydrogens (tertiary/aromatic N) is 3. The van der Waals surface area contributed by atoms with Gasteiger partial charge in [-0.3, -0.25) is 9.48 Å². The number of piperidine rings is 1. The van der Waals surface area contributed by atoms with Gasteiger partial charge in [0.25, 0.3) is 5.91 Å². The maximum absolute atomic E-state index is 13.2. The molecule has 0 unspecified atom stereocenters. The molecule has 1 aliphatic heterocycles. The number of carbonyl (C=O) groups excluding carboxylic acids is 1. The maximum atomic E-state index is 13.2. The quantitative estimate of drug-likeness (QED) is 0.787. The van der Waals surface area contributed by atoms with E-state index >= 15 is 0 Å². The van der Waals surface area contributed by atoms with Crippen molar-refractivity contribution in [1.29, 1.82) is 0 Å². The molecule has 1 amide bonds. The number of nitrogens with one attached hydrogen (secondary N) is 2. The van der Waals surface area contributed by atoms with Crippen molar-refractivity contribution in [2.24, 2.45) is 0 Å². The van der Waals surface area contributed by atoms with Crippen LogP contribution in [0.4, 0.5) is 5.69 Å². The summed E-state index contributed by atoms with van der Waals surface area (Å²) in [7, 11) is 4.02. The normalized spacial score (nSPS) is 16.4. The van der Waals surface area contributed by atoms with Gasteiger partial charge in [0.15, 0.2) is 0 Å². The minimum absolute atomic E-state index is 0.0341. The summed E-state index contributed by atoms with van der Waals surface area (Å²) in [4.78, 5) is 15.2. The first kappa shape index (κ1) is 18.4. The first-order valence-electron chi connectivity index (χ1n) is 9.00. The first-order chi connectivity index (χ1) is 12.6. The molecule has 1 aromatic carbocycles. The Labute approximate surface area is 154 Å². The fourth-order valence-electron chi connectivity index (χ4n) is 3.18. The van der Waals surface area contributed by atoms with Gasteiger partial charge in [-0.15, -0.1) is 0 Å². The predicted molar refractivity (Wildman–Crippen MR) is 101 cm³/mol. The van der Waals surface area contributed by atoms with Gasteiger partial charge >= 0.3 is 0 Å². The summed E-state index contributed by atoms with van der Waals surface area (Å²) in [5, 5.41) is 10.7. The standard InChI is InChI=1S/C19H27N5O2/c1-23(2)13-14-26-17-6-3-5-16(15-17)22-18(25)19(7-10-20-11-8-19)24-12-4-9-21-24/h3-6,9,12,15,20H,7-8,10-11,13-14H2,1-2H3,(H,22,25). The van der Waals surface area contributed by atoms with Crippen LogP contribution in [-0.4, -0.2) is 60.9 Å². The molecule has 1 aromatic heterocycles. The second-order valence-electron chi connectivity index (χ2n) is 6.87. The Hall–Kier alpha value is -2.38. The Morgan fingerprint density at radius 2 is 2.15 bits per heavy atom. The average molecular weight is 357 g/mol. The predicted octanol–water partition coefficient (Wildman–Crippen LogP) is 1.54. The molecule has 2 N–H and O–H groups in total. The summed E-state index contributed by atoms with van der Waals surface area (Å²) in [6.07, 6.45) is 5.00. The summed E-state index contributed by atoms with van der Waals surface area (Å²) < 4.78 is 7.55.